The van der Waals surface area contributed by atoms with Gasteiger partial charge in [-0.3, -0.25) is 0 Å². The van der Waals surface area contributed by atoms with Crippen LogP contribution in [-0.2, 0) is 4.74 Å². The summed E-state index contributed by atoms with van der Waals surface area (Å²) in [7, 11) is 2.07. The third-order valence-electron chi connectivity index (χ3n) is 3.97. The van der Waals surface area contributed by atoms with Crippen LogP contribution in [0.1, 0.15) is 52.9 Å². The third-order valence-corrected chi connectivity index (χ3v) is 3.97. The summed E-state index contributed by atoms with van der Waals surface area (Å²) in [5.41, 5.74) is 0.569. The highest BCUT2D eigenvalue weighted by molar-refractivity contribution is 4.84. The topological polar surface area (TPSA) is 21.3 Å². The number of likely N-dealkylation sites (N-methyl/N-ethyl adjacent to an activating group) is 1. The zero-order valence-corrected chi connectivity index (χ0v) is 11.5. The van der Waals surface area contributed by atoms with Gasteiger partial charge in [0.05, 0.1) is 6.61 Å². The van der Waals surface area contributed by atoms with Gasteiger partial charge in [-0.2, -0.15) is 0 Å². The molecule has 0 radical (unpaired) electrons. The van der Waals surface area contributed by atoms with Crippen LogP contribution in [0, 0.1) is 11.3 Å². The van der Waals surface area contributed by atoms with Crippen molar-refractivity contribution in [1.29, 1.82) is 0 Å². The summed E-state index contributed by atoms with van der Waals surface area (Å²) in [4.78, 5) is 0. The Morgan fingerprint density at radius 1 is 1.31 bits per heavy atom. The number of hydrogen-bond acceptors (Lipinski definition) is 2. The summed E-state index contributed by atoms with van der Waals surface area (Å²) in [5.74, 6) is 0.815. The summed E-state index contributed by atoms with van der Waals surface area (Å²) in [6, 6.07) is 0.558. The fraction of sp³-hybridized carbons (Fsp3) is 1.00. The molecule has 2 heteroatoms. The van der Waals surface area contributed by atoms with E-state index in [1.165, 1.54) is 25.7 Å². The maximum Gasteiger partial charge on any atom is 0.0622 e. The van der Waals surface area contributed by atoms with Gasteiger partial charge in [-0.15, -0.1) is 0 Å². The van der Waals surface area contributed by atoms with Gasteiger partial charge < -0.3 is 10.1 Å². The molecule has 0 aromatic rings. The maximum atomic E-state index is 5.68. The van der Waals surface area contributed by atoms with Crippen molar-refractivity contribution in [2.75, 3.05) is 20.3 Å². The third kappa shape index (κ3) is 4.42. The molecule has 1 saturated carbocycles. The molecule has 1 N–H and O–H groups in total. The van der Waals surface area contributed by atoms with Crippen LogP contribution in [0.25, 0.3) is 0 Å². The van der Waals surface area contributed by atoms with Crippen LogP contribution in [0.2, 0.25) is 0 Å². The van der Waals surface area contributed by atoms with E-state index in [9.17, 15) is 0 Å². The molecule has 1 atom stereocenters. The van der Waals surface area contributed by atoms with Crippen molar-refractivity contribution in [2.24, 2.45) is 11.3 Å². The zero-order valence-electron chi connectivity index (χ0n) is 11.5. The Balaban J connectivity index is 2.31. The van der Waals surface area contributed by atoms with Gasteiger partial charge in [-0.25, -0.2) is 0 Å². The summed E-state index contributed by atoms with van der Waals surface area (Å²) in [6.07, 6.45) is 6.56. The first-order valence-electron chi connectivity index (χ1n) is 6.84. The van der Waals surface area contributed by atoms with Gasteiger partial charge in [0.2, 0.25) is 0 Å². The van der Waals surface area contributed by atoms with E-state index in [0.29, 0.717) is 11.5 Å². The fourth-order valence-corrected chi connectivity index (χ4v) is 2.63. The second-order valence-corrected chi connectivity index (χ2v) is 5.97. The molecule has 0 heterocycles. The maximum absolute atomic E-state index is 5.68. The Morgan fingerprint density at radius 2 is 1.94 bits per heavy atom. The first-order valence-corrected chi connectivity index (χ1v) is 6.84. The van der Waals surface area contributed by atoms with Gasteiger partial charge in [-0.05, 0) is 50.5 Å². The van der Waals surface area contributed by atoms with Crippen molar-refractivity contribution in [3.63, 3.8) is 0 Å². The lowest BCUT2D eigenvalue weighted by Crippen LogP contribution is -2.40. The second kappa shape index (κ2) is 6.61. The molecule has 0 saturated heterocycles. The van der Waals surface area contributed by atoms with Gasteiger partial charge in [-0.1, -0.05) is 20.8 Å². The van der Waals surface area contributed by atoms with E-state index in [4.69, 9.17) is 4.74 Å². The molecule has 1 unspecified atom stereocenters. The lowest BCUT2D eigenvalue weighted by Gasteiger charge is -2.37. The second-order valence-electron chi connectivity index (χ2n) is 5.97. The van der Waals surface area contributed by atoms with E-state index in [1.54, 1.807) is 0 Å². The molecule has 0 spiro atoms. The molecule has 96 valence electrons. The minimum absolute atomic E-state index is 0.558. The SMILES string of the molecule is CCCOCC(NC)C1CCC(C)(C)CC1. The highest BCUT2D eigenvalue weighted by Gasteiger charge is 2.30. The van der Waals surface area contributed by atoms with Crippen molar-refractivity contribution in [2.45, 2.75) is 58.9 Å². The molecule has 1 rings (SSSR count). The number of nitrogens with one attached hydrogen (secondary N) is 1. The van der Waals surface area contributed by atoms with E-state index in [-0.39, 0.29) is 0 Å². The van der Waals surface area contributed by atoms with E-state index < -0.39 is 0 Å². The van der Waals surface area contributed by atoms with Crippen molar-refractivity contribution in [3.8, 4) is 0 Å². The molecule has 1 fully saturated rings. The fourth-order valence-electron chi connectivity index (χ4n) is 2.63. The van der Waals surface area contributed by atoms with Crippen LogP contribution in [0.15, 0.2) is 0 Å². The molecule has 0 aliphatic heterocycles. The number of ether oxygens (including phenoxy) is 1. The molecule has 16 heavy (non-hydrogen) atoms. The van der Waals surface area contributed by atoms with Crippen molar-refractivity contribution >= 4 is 0 Å². The van der Waals surface area contributed by atoms with Crippen LogP contribution in [0.5, 0.6) is 0 Å². The van der Waals surface area contributed by atoms with E-state index in [1.807, 2.05) is 0 Å². The first kappa shape index (κ1) is 14.0. The molecular formula is C14H29NO. The molecule has 1 aliphatic carbocycles. The van der Waals surface area contributed by atoms with Crippen LogP contribution >= 0.6 is 0 Å². The lowest BCUT2D eigenvalue weighted by atomic mass is 9.71. The predicted octanol–water partition coefficient (Wildman–Crippen LogP) is 3.22. The molecule has 1 aliphatic rings. The molecular weight excluding hydrogens is 198 g/mol. The molecule has 0 aromatic heterocycles. The smallest absolute Gasteiger partial charge is 0.0622 e. The van der Waals surface area contributed by atoms with Crippen LogP contribution in [0.4, 0.5) is 0 Å². The first-order chi connectivity index (χ1) is 7.59. The van der Waals surface area contributed by atoms with Crippen LogP contribution < -0.4 is 5.32 Å². The van der Waals surface area contributed by atoms with Crippen molar-refractivity contribution in [1.82, 2.24) is 5.32 Å². The van der Waals surface area contributed by atoms with Gasteiger partial charge in [0.1, 0.15) is 0 Å². The minimum atomic E-state index is 0.558. The quantitative estimate of drug-likeness (QED) is 0.704. The van der Waals surface area contributed by atoms with Gasteiger partial charge in [0.25, 0.3) is 0 Å². The van der Waals surface area contributed by atoms with E-state index in [0.717, 1.165) is 25.6 Å². The highest BCUT2D eigenvalue weighted by Crippen LogP contribution is 2.39. The Bertz CT molecular complexity index is 181. The summed E-state index contributed by atoms with van der Waals surface area (Å²) < 4.78 is 5.68. The highest BCUT2D eigenvalue weighted by atomic mass is 16.5. The summed E-state index contributed by atoms with van der Waals surface area (Å²) >= 11 is 0. The Hall–Kier alpha value is -0.0800. The predicted molar refractivity (Wildman–Crippen MR) is 69.7 cm³/mol. The molecule has 0 bridgehead atoms. The zero-order chi connectivity index (χ0) is 12.0. The van der Waals surface area contributed by atoms with E-state index in [2.05, 4.69) is 33.1 Å². The van der Waals surface area contributed by atoms with Gasteiger partial charge >= 0.3 is 0 Å². The molecule has 0 aromatic carbocycles. The van der Waals surface area contributed by atoms with Crippen LogP contribution in [0.3, 0.4) is 0 Å². The van der Waals surface area contributed by atoms with Crippen molar-refractivity contribution in [3.05, 3.63) is 0 Å². The van der Waals surface area contributed by atoms with E-state index >= 15 is 0 Å². The summed E-state index contributed by atoms with van der Waals surface area (Å²) in [6.45, 7) is 8.74. The van der Waals surface area contributed by atoms with Gasteiger partial charge in [0.15, 0.2) is 0 Å². The Labute approximate surface area is 101 Å². The minimum Gasteiger partial charge on any atom is -0.380 e. The normalized spacial score (nSPS) is 23.2. The van der Waals surface area contributed by atoms with Crippen LogP contribution in [-0.4, -0.2) is 26.3 Å². The Kier molecular flexibility index (Phi) is 5.77. The lowest BCUT2D eigenvalue weighted by molar-refractivity contribution is 0.0737. The average Bonchev–Trinajstić information content (AvgIpc) is 2.25. The Morgan fingerprint density at radius 3 is 2.44 bits per heavy atom. The average molecular weight is 227 g/mol. The number of rotatable bonds is 6. The summed E-state index contributed by atoms with van der Waals surface area (Å²) in [5, 5.41) is 3.43. The molecule has 2 nitrogen and oxygen atoms in total. The monoisotopic (exact) mass is 227 g/mol. The van der Waals surface area contributed by atoms with Gasteiger partial charge in [0, 0.05) is 12.6 Å². The standard InChI is InChI=1S/C14H29NO/c1-5-10-16-11-13(15-4)12-6-8-14(2,3)9-7-12/h12-13,15H,5-11H2,1-4H3. The number of hydrogen-bond donors (Lipinski definition) is 1. The molecule has 0 amide bonds. The largest absolute Gasteiger partial charge is 0.380 e. The van der Waals surface area contributed by atoms with Crippen molar-refractivity contribution < 1.29 is 4.74 Å².